The number of nitrogens with one attached hydrogen (secondary N) is 1. The molecule has 6 heteroatoms. The van der Waals surface area contributed by atoms with Gasteiger partial charge >= 0.3 is 0 Å². The fourth-order valence-electron chi connectivity index (χ4n) is 3.42. The average molecular weight is 373 g/mol. The second-order valence-corrected chi connectivity index (χ2v) is 6.80. The van der Waals surface area contributed by atoms with Crippen molar-refractivity contribution in [2.45, 2.75) is 13.5 Å². The smallest absolute Gasteiger partial charge is 0.231 e. The summed E-state index contributed by atoms with van der Waals surface area (Å²) >= 11 is 0. The number of hydrogen-bond acceptors (Lipinski definition) is 5. The Hall–Kier alpha value is -3.67. The van der Waals surface area contributed by atoms with Gasteiger partial charge < -0.3 is 19.9 Å². The van der Waals surface area contributed by atoms with Crippen LogP contribution in [0.5, 0.6) is 17.2 Å². The molecule has 28 heavy (non-hydrogen) atoms. The van der Waals surface area contributed by atoms with Gasteiger partial charge in [-0.15, -0.1) is 0 Å². The summed E-state index contributed by atoms with van der Waals surface area (Å²) < 4.78 is 12.9. The van der Waals surface area contributed by atoms with Crippen molar-refractivity contribution in [3.8, 4) is 28.5 Å². The minimum absolute atomic E-state index is 0.203. The number of phenols is 1. The lowest BCUT2D eigenvalue weighted by molar-refractivity contribution is 0.174. The van der Waals surface area contributed by atoms with Crippen molar-refractivity contribution in [3.05, 3.63) is 71.9 Å². The quantitative estimate of drug-likeness (QED) is 0.556. The third-order valence-electron chi connectivity index (χ3n) is 4.82. The van der Waals surface area contributed by atoms with E-state index in [4.69, 9.17) is 14.5 Å². The predicted molar refractivity (Wildman–Crippen MR) is 107 cm³/mol. The van der Waals surface area contributed by atoms with Crippen molar-refractivity contribution in [1.29, 1.82) is 0 Å². The molecule has 3 heterocycles. The highest BCUT2D eigenvalue weighted by atomic mass is 16.7. The van der Waals surface area contributed by atoms with Crippen LogP contribution in [0.1, 0.15) is 11.1 Å². The summed E-state index contributed by atoms with van der Waals surface area (Å²) in [6, 6.07) is 17.1. The lowest BCUT2D eigenvalue weighted by Gasteiger charge is -2.11. The van der Waals surface area contributed by atoms with Crippen LogP contribution < -0.4 is 14.8 Å². The summed E-state index contributed by atoms with van der Waals surface area (Å²) in [4.78, 5) is 4.75. The molecule has 4 aromatic rings. The molecule has 0 unspecified atom stereocenters. The normalized spacial score (nSPS) is 12.5. The summed E-state index contributed by atoms with van der Waals surface area (Å²) in [5.74, 6) is 2.56. The van der Waals surface area contributed by atoms with Crippen molar-refractivity contribution in [2.24, 2.45) is 0 Å². The van der Waals surface area contributed by atoms with Gasteiger partial charge in [-0.1, -0.05) is 24.3 Å². The molecular weight excluding hydrogens is 354 g/mol. The number of aryl methyl sites for hydroxylation is 1. The summed E-state index contributed by atoms with van der Waals surface area (Å²) in [6.07, 6.45) is 2.04. The maximum Gasteiger partial charge on any atom is 0.231 e. The van der Waals surface area contributed by atoms with Crippen molar-refractivity contribution in [3.63, 3.8) is 0 Å². The van der Waals surface area contributed by atoms with Crippen molar-refractivity contribution in [1.82, 2.24) is 9.38 Å². The zero-order valence-electron chi connectivity index (χ0n) is 15.3. The molecule has 2 N–H and O–H groups in total. The highest BCUT2D eigenvalue weighted by Crippen LogP contribution is 2.36. The minimum atomic E-state index is 0.203. The van der Waals surface area contributed by atoms with Crippen LogP contribution in [0.15, 0.2) is 60.8 Å². The molecular formula is C22H19N3O3. The molecule has 1 aliphatic heterocycles. The van der Waals surface area contributed by atoms with Crippen LogP contribution in [0.2, 0.25) is 0 Å². The number of pyridine rings is 1. The second-order valence-electron chi connectivity index (χ2n) is 6.80. The fourth-order valence-corrected chi connectivity index (χ4v) is 3.42. The predicted octanol–water partition coefficient (Wildman–Crippen LogP) is 4.36. The van der Waals surface area contributed by atoms with Gasteiger partial charge in [0.25, 0.3) is 0 Å². The highest BCUT2D eigenvalue weighted by Gasteiger charge is 2.18. The zero-order valence-corrected chi connectivity index (χ0v) is 15.3. The van der Waals surface area contributed by atoms with Gasteiger partial charge in [-0.2, -0.15) is 0 Å². The number of aromatic hydroxyl groups is 1. The van der Waals surface area contributed by atoms with Crippen molar-refractivity contribution < 1.29 is 14.6 Å². The maximum absolute atomic E-state index is 10.4. The number of anilines is 1. The van der Waals surface area contributed by atoms with Gasteiger partial charge in [0.1, 0.15) is 22.9 Å². The molecule has 0 spiro atoms. The Labute approximate surface area is 162 Å². The number of para-hydroxylation sites is 1. The molecule has 0 bridgehead atoms. The Balaban J connectivity index is 1.56. The monoisotopic (exact) mass is 373 g/mol. The first-order valence-electron chi connectivity index (χ1n) is 9.08. The summed E-state index contributed by atoms with van der Waals surface area (Å²) in [6.45, 7) is 2.88. The number of phenolic OH excluding ortho intramolecular Hbond substituents is 1. The fraction of sp³-hybridized carbons (Fsp3) is 0.136. The molecule has 0 fully saturated rings. The van der Waals surface area contributed by atoms with Gasteiger partial charge in [-0.05, 0) is 48.4 Å². The number of rotatable bonds is 4. The molecule has 0 radical (unpaired) electrons. The van der Waals surface area contributed by atoms with Crippen LogP contribution in [-0.2, 0) is 6.54 Å². The molecule has 0 saturated heterocycles. The molecule has 5 rings (SSSR count). The summed E-state index contributed by atoms with van der Waals surface area (Å²) in [7, 11) is 0. The molecule has 0 saturated carbocycles. The first-order chi connectivity index (χ1) is 13.7. The van der Waals surface area contributed by atoms with E-state index in [2.05, 4.69) is 5.32 Å². The van der Waals surface area contributed by atoms with E-state index in [1.165, 1.54) is 0 Å². The third-order valence-corrected chi connectivity index (χ3v) is 4.82. The number of nitrogens with zero attached hydrogens (tertiary/aromatic N) is 2. The Kier molecular flexibility index (Phi) is 3.83. The minimum Gasteiger partial charge on any atom is -0.507 e. The molecule has 140 valence electrons. The number of benzene rings is 2. The summed E-state index contributed by atoms with van der Waals surface area (Å²) in [5, 5.41) is 13.8. The number of fused-ring (bicyclic) bond motifs is 2. The molecule has 6 nitrogen and oxygen atoms in total. The molecule has 0 aliphatic carbocycles. The molecule has 2 aromatic carbocycles. The van der Waals surface area contributed by atoms with E-state index in [1.54, 1.807) is 12.1 Å². The molecule has 2 aromatic heterocycles. The van der Waals surface area contributed by atoms with Crippen LogP contribution in [0.4, 0.5) is 5.82 Å². The topological polar surface area (TPSA) is 68.0 Å². The van der Waals surface area contributed by atoms with Gasteiger partial charge in [0.05, 0.1) is 0 Å². The Morgan fingerprint density at radius 1 is 1.07 bits per heavy atom. The van der Waals surface area contributed by atoms with Crippen LogP contribution >= 0.6 is 0 Å². The van der Waals surface area contributed by atoms with Gasteiger partial charge in [0.15, 0.2) is 11.5 Å². The number of imidazole rings is 1. The first-order valence-corrected chi connectivity index (χ1v) is 9.08. The van der Waals surface area contributed by atoms with Gasteiger partial charge in [-0.3, -0.25) is 4.40 Å². The molecule has 1 aliphatic rings. The van der Waals surface area contributed by atoms with Gasteiger partial charge in [-0.25, -0.2) is 4.98 Å². The highest BCUT2D eigenvalue weighted by molar-refractivity contribution is 5.80. The maximum atomic E-state index is 10.4. The van der Waals surface area contributed by atoms with E-state index in [9.17, 15) is 5.11 Å². The molecule has 0 amide bonds. The van der Waals surface area contributed by atoms with E-state index >= 15 is 0 Å². The lowest BCUT2D eigenvalue weighted by Crippen LogP contribution is -2.03. The Bertz CT molecular complexity index is 1180. The van der Waals surface area contributed by atoms with Crippen LogP contribution in [0, 0.1) is 6.92 Å². The van der Waals surface area contributed by atoms with E-state index in [0.29, 0.717) is 17.8 Å². The van der Waals surface area contributed by atoms with Crippen LogP contribution in [-0.4, -0.2) is 21.3 Å². The SMILES string of the molecule is Cc1ccc2nc(-c3ccccc3O)c(NCc3ccc4c(c3)OCO4)n2c1. The Morgan fingerprint density at radius 3 is 2.82 bits per heavy atom. The van der Waals surface area contributed by atoms with E-state index in [1.807, 2.05) is 60.0 Å². The van der Waals surface area contributed by atoms with Crippen molar-refractivity contribution in [2.75, 3.05) is 12.1 Å². The number of aromatic nitrogens is 2. The largest absolute Gasteiger partial charge is 0.507 e. The Morgan fingerprint density at radius 2 is 1.93 bits per heavy atom. The average Bonchev–Trinajstić information content (AvgIpc) is 3.30. The number of ether oxygens (including phenoxy) is 2. The second kappa shape index (κ2) is 6.49. The van der Waals surface area contributed by atoms with Gasteiger partial charge in [0.2, 0.25) is 6.79 Å². The zero-order chi connectivity index (χ0) is 19.1. The lowest BCUT2D eigenvalue weighted by atomic mass is 10.1. The van der Waals surface area contributed by atoms with Crippen molar-refractivity contribution >= 4 is 11.5 Å². The third kappa shape index (κ3) is 2.79. The van der Waals surface area contributed by atoms with E-state index in [0.717, 1.165) is 34.1 Å². The standard InChI is InChI=1S/C22H19N3O3/c1-14-6-9-20-24-21(16-4-2-3-5-17(16)26)22(25(20)12-14)23-11-15-7-8-18-19(10-15)28-13-27-18/h2-10,12,23,26H,11,13H2,1H3. The van der Waals surface area contributed by atoms with E-state index < -0.39 is 0 Å². The van der Waals surface area contributed by atoms with Gasteiger partial charge in [0, 0.05) is 18.3 Å². The molecule has 0 atom stereocenters. The number of hydrogen-bond donors (Lipinski definition) is 2. The summed E-state index contributed by atoms with van der Waals surface area (Å²) in [5.41, 5.74) is 4.41. The van der Waals surface area contributed by atoms with Crippen LogP contribution in [0.3, 0.4) is 0 Å². The first kappa shape index (κ1) is 16.5. The van der Waals surface area contributed by atoms with Crippen LogP contribution in [0.25, 0.3) is 16.9 Å². The van der Waals surface area contributed by atoms with E-state index in [-0.39, 0.29) is 12.5 Å².